The first kappa shape index (κ1) is 27.3. The number of pyridine rings is 1. The summed E-state index contributed by atoms with van der Waals surface area (Å²) < 4.78 is 10.5. The summed E-state index contributed by atoms with van der Waals surface area (Å²) in [4.78, 5) is 30.9. The number of carbonyl (C=O) groups is 2. The first-order chi connectivity index (χ1) is 17.7. The minimum atomic E-state index is -0.457. The average Bonchev–Trinajstić information content (AvgIpc) is 3.51. The number of cyclic esters (lactones) is 1. The molecule has 196 valence electrons. The van der Waals surface area contributed by atoms with Crippen molar-refractivity contribution in [3.63, 3.8) is 0 Å². The summed E-state index contributed by atoms with van der Waals surface area (Å²) in [5.41, 5.74) is 7.71. The van der Waals surface area contributed by atoms with E-state index in [1.807, 2.05) is 63.4 Å². The van der Waals surface area contributed by atoms with Crippen LogP contribution < -0.4 is 16.0 Å². The van der Waals surface area contributed by atoms with Crippen molar-refractivity contribution in [1.29, 1.82) is 5.26 Å². The zero-order chi connectivity index (χ0) is 26.8. The van der Waals surface area contributed by atoms with Crippen LogP contribution in [0.2, 0.25) is 0 Å². The molecule has 3 N–H and O–H groups in total. The van der Waals surface area contributed by atoms with Crippen molar-refractivity contribution in [1.82, 2.24) is 15.2 Å². The van der Waals surface area contributed by atoms with Crippen molar-refractivity contribution < 1.29 is 19.1 Å². The zero-order valence-corrected chi connectivity index (χ0v) is 21.5. The largest absolute Gasteiger partial charge is 0.444 e. The van der Waals surface area contributed by atoms with Gasteiger partial charge in [-0.05, 0) is 56.5 Å². The van der Waals surface area contributed by atoms with Crippen molar-refractivity contribution in [3.8, 4) is 17.2 Å². The summed E-state index contributed by atoms with van der Waals surface area (Å²) in [6.45, 7) is 7.69. The van der Waals surface area contributed by atoms with E-state index in [9.17, 15) is 9.59 Å². The van der Waals surface area contributed by atoms with Crippen molar-refractivity contribution in [2.75, 3.05) is 31.1 Å². The minimum absolute atomic E-state index is 0.0254. The summed E-state index contributed by atoms with van der Waals surface area (Å²) in [6.07, 6.45) is 6.51. The molecule has 2 amide bonds. The highest BCUT2D eigenvalue weighted by atomic mass is 16.6. The number of amides is 2. The maximum atomic E-state index is 12.0. The zero-order valence-electron chi connectivity index (χ0n) is 21.5. The SMILES string of the molecule is CC(C)(C)OC(=O)N1CCC(C#N)C1.N/C=C\NCC1CN(c2ccc(-c3cccnc3)cc2)C(=O)O1. The molecule has 10 nitrogen and oxygen atoms in total. The number of hydrogen-bond donors (Lipinski definition) is 2. The fourth-order valence-corrected chi connectivity index (χ4v) is 3.83. The number of nitriles is 1. The minimum Gasteiger partial charge on any atom is -0.444 e. The summed E-state index contributed by atoms with van der Waals surface area (Å²) >= 11 is 0. The number of likely N-dealkylation sites (tertiary alicyclic amines) is 1. The van der Waals surface area contributed by atoms with E-state index >= 15 is 0 Å². The molecule has 2 aliphatic rings. The van der Waals surface area contributed by atoms with E-state index in [-0.39, 0.29) is 24.2 Å². The summed E-state index contributed by atoms with van der Waals surface area (Å²) in [6, 6.07) is 13.8. The highest BCUT2D eigenvalue weighted by Crippen LogP contribution is 2.25. The van der Waals surface area contributed by atoms with E-state index in [1.165, 1.54) is 6.20 Å². The predicted molar refractivity (Wildman–Crippen MR) is 140 cm³/mol. The van der Waals surface area contributed by atoms with E-state index in [2.05, 4.69) is 16.4 Å². The summed E-state index contributed by atoms with van der Waals surface area (Å²) in [7, 11) is 0. The Morgan fingerprint density at radius 3 is 2.62 bits per heavy atom. The van der Waals surface area contributed by atoms with Crippen LogP contribution in [0.25, 0.3) is 11.1 Å². The highest BCUT2D eigenvalue weighted by Gasteiger charge is 2.32. The lowest BCUT2D eigenvalue weighted by Crippen LogP contribution is -2.35. The Balaban J connectivity index is 0.000000233. The van der Waals surface area contributed by atoms with E-state index in [0.29, 0.717) is 26.2 Å². The molecule has 2 aromatic rings. The second kappa shape index (κ2) is 12.6. The molecule has 3 heterocycles. The number of aromatic nitrogens is 1. The number of benzene rings is 1. The summed E-state index contributed by atoms with van der Waals surface area (Å²) in [5, 5.41) is 11.7. The molecular weight excluding hydrogens is 472 g/mol. The van der Waals surface area contributed by atoms with Crippen molar-refractivity contribution in [2.45, 2.75) is 38.9 Å². The maximum Gasteiger partial charge on any atom is 0.414 e. The molecule has 0 aliphatic carbocycles. The molecule has 0 bridgehead atoms. The van der Waals surface area contributed by atoms with Gasteiger partial charge < -0.3 is 25.4 Å². The number of nitrogens with two attached hydrogens (primary N) is 1. The maximum absolute atomic E-state index is 12.0. The van der Waals surface area contributed by atoms with Gasteiger partial charge in [0, 0.05) is 43.6 Å². The number of anilines is 1. The second-order valence-electron chi connectivity index (χ2n) is 9.71. The molecule has 2 unspecified atom stereocenters. The van der Waals surface area contributed by atoms with Gasteiger partial charge in [0.05, 0.1) is 25.1 Å². The Labute approximate surface area is 217 Å². The number of nitrogens with zero attached hydrogens (tertiary/aromatic N) is 4. The monoisotopic (exact) mass is 506 g/mol. The van der Waals surface area contributed by atoms with E-state index < -0.39 is 5.60 Å². The summed E-state index contributed by atoms with van der Waals surface area (Å²) in [5.74, 6) is -0.0254. The Morgan fingerprint density at radius 2 is 2.03 bits per heavy atom. The molecule has 4 rings (SSSR count). The Bertz CT molecular complexity index is 1110. The van der Waals surface area contributed by atoms with Gasteiger partial charge in [0.15, 0.2) is 0 Å². The molecule has 0 radical (unpaired) electrons. The van der Waals surface area contributed by atoms with Crippen molar-refractivity contribution in [3.05, 3.63) is 61.2 Å². The van der Waals surface area contributed by atoms with Gasteiger partial charge >= 0.3 is 12.2 Å². The number of rotatable bonds is 5. The van der Waals surface area contributed by atoms with Gasteiger partial charge in [0.1, 0.15) is 11.7 Å². The first-order valence-corrected chi connectivity index (χ1v) is 12.2. The van der Waals surface area contributed by atoms with Crippen molar-refractivity contribution in [2.24, 2.45) is 11.7 Å². The number of nitrogens with one attached hydrogen (secondary N) is 1. The lowest BCUT2D eigenvalue weighted by atomic mass is 10.1. The van der Waals surface area contributed by atoms with Crippen LogP contribution in [-0.2, 0) is 9.47 Å². The normalized spacial score (nSPS) is 19.1. The molecule has 1 aromatic carbocycles. The molecule has 2 atom stereocenters. The van der Waals surface area contributed by atoms with Crippen LogP contribution in [0.4, 0.5) is 15.3 Å². The Hall–Kier alpha value is -4.26. The third kappa shape index (κ3) is 8.14. The topological polar surface area (TPSA) is 134 Å². The van der Waals surface area contributed by atoms with E-state index in [0.717, 1.165) is 23.2 Å². The van der Waals surface area contributed by atoms with Gasteiger partial charge in [-0.15, -0.1) is 0 Å². The van der Waals surface area contributed by atoms with Crippen LogP contribution >= 0.6 is 0 Å². The number of ether oxygens (including phenoxy) is 2. The molecule has 1 aromatic heterocycles. The van der Waals surface area contributed by atoms with Gasteiger partial charge in [-0.25, -0.2) is 9.59 Å². The molecule has 37 heavy (non-hydrogen) atoms. The lowest BCUT2D eigenvalue weighted by molar-refractivity contribution is 0.0291. The third-order valence-corrected chi connectivity index (χ3v) is 5.63. The van der Waals surface area contributed by atoms with Crippen LogP contribution in [0, 0.1) is 17.2 Å². The van der Waals surface area contributed by atoms with E-state index in [4.69, 9.17) is 20.5 Å². The molecule has 2 aliphatic heterocycles. The van der Waals surface area contributed by atoms with Crippen LogP contribution in [0.15, 0.2) is 61.2 Å². The van der Waals surface area contributed by atoms with Gasteiger partial charge in [-0.1, -0.05) is 18.2 Å². The Morgan fingerprint density at radius 1 is 1.27 bits per heavy atom. The van der Waals surface area contributed by atoms with Crippen LogP contribution in [0.5, 0.6) is 0 Å². The second-order valence-corrected chi connectivity index (χ2v) is 9.71. The predicted octanol–water partition coefficient (Wildman–Crippen LogP) is 3.86. The van der Waals surface area contributed by atoms with Gasteiger partial charge in [-0.3, -0.25) is 9.88 Å². The van der Waals surface area contributed by atoms with Crippen LogP contribution in [0.1, 0.15) is 27.2 Å². The molecule has 10 heteroatoms. The smallest absolute Gasteiger partial charge is 0.414 e. The molecule has 0 saturated carbocycles. The Kier molecular flexibility index (Phi) is 9.33. The third-order valence-electron chi connectivity index (χ3n) is 5.63. The molecule has 2 fully saturated rings. The molecule has 0 spiro atoms. The standard InChI is InChI=1S/C17H18N4O2.C10H16N2O2/c18-7-9-20-11-16-12-21(17(22)23-16)15-5-3-13(4-6-15)14-2-1-8-19-10-14;1-10(2,3)14-9(13)12-5-4-8(6-11)7-12/h1-10,16,20H,11-12,18H2;8H,4-5,7H2,1-3H3/b9-7-;. The van der Waals surface area contributed by atoms with Gasteiger partial charge in [0.2, 0.25) is 0 Å². The lowest BCUT2D eigenvalue weighted by Gasteiger charge is -2.24. The van der Waals surface area contributed by atoms with Crippen molar-refractivity contribution >= 4 is 17.9 Å². The highest BCUT2D eigenvalue weighted by molar-refractivity contribution is 5.90. The van der Waals surface area contributed by atoms with E-state index in [1.54, 1.807) is 22.2 Å². The van der Waals surface area contributed by atoms with Gasteiger partial charge in [-0.2, -0.15) is 5.26 Å². The first-order valence-electron chi connectivity index (χ1n) is 12.2. The van der Waals surface area contributed by atoms with Crippen LogP contribution in [-0.4, -0.2) is 60.0 Å². The van der Waals surface area contributed by atoms with Gasteiger partial charge in [0.25, 0.3) is 0 Å². The molecular formula is C27H34N6O4. The number of carbonyl (C=O) groups excluding carboxylic acids is 2. The molecule has 2 saturated heterocycles. The fraction of sp³-hybridized carbons (Fsp3) is 0.407. The average molecular weight is 507 g/mol. The van der Waals surface area contributed by atoms with Crippen LogP contribution in [0.3, 0.4) is 0 Å². The number of hydrogen-bond acceptors (Lipinski definition) is 8. The fourth-order valence-electron chi connectivity index (χ4n) is 3.83. The quantitative estimate of drug-likeness (QED) is 0.624.